The summed E-state index contributed by atoms with van der Waals surface area (Å²) in [5.41, 5.74) is 2.66. The second-order valence-electron chi connectivity index (χ2n) is 5.36. The normalized spacial score (nSPS) is 16.1. The number of anilines is 2. The first-order valence-electron chi connectivity index (χ1n) is 7.50. The van der Waals surface area contributed by atoms with E-state index in [2.05, 4.69) is 25.3 Å². The molecule has 0 aliphatic carbocycles. The minimum absolute atomic E-state index is 0.0482. The van der Waals surface area contributed by atoms with Gasteiger partial charge in [-0.05, 0) is 18.6 Å². The highest BCUT2D eigenvalue weighted by Gasteiger charge is 2.18. The summed E-state index contributed by atoms with van der Waals surface area (Å²) in [6.07, 6.45) is 0.997. The Balaban J connectivity index is 1.54. The number of halogens is 1. The van der Waals surface area contributed by atoms with E-state index in [-0.39, 0.29) is 5.91 Å². The number of rotatable bonds is 4. The zero-order chi connectivity index (χ0) is 16.1. The molecule has 8 heteroatoms. The van der Waals surface area contributed by atoms with E-state index in [1.54, 1.807) is 5.51 Å². The molecule has 3 rings (SSSR count). The van der Waals surface area contributed by atoms with Crippen LogP contribution in [0.4, 0.5) is 10.8 Å². The van der Waals surface area contributed by atoms with Crippen molar-refractivity contribution in [2.45, 2.75) is 6.42 Å². The molecule has 122 valence electrons. The minimum Gasteiger partial charge on any atom is -0.369 e. The Labute approximate surface area is 144 Å². The number of aromatic nitrogens is 2. The number of carbonyl (C=O) groups is 1. The van der Waals surface area contributed by atoms with Crippen LogP contribution in [0.3, 0.4) is 0 Å². The van der Waals surface area contributed by atoms with Crippen molar-refractivity contribution in [1.82, 2.24) is 15.1 Å². The third-order valence-corrected chi connectivity index (χ3v) is 4.68. The van der Waals surface area contributed by atoms with Crippen LogP contribution in [0.5, 0.6) is 0 Å². The third-order valence-electron chi connectivity index (χ3n) is 3.76. The Hall–Kier alpha value is -1.70. The fourth-order valence-electron chi connectivity index (χ4n) is 2.67. The van der Waals surface area contributed by atoms with E-state index in [4.69, 9.17) is 11.6 Å². The van der Waals surface area contributed by atoms with E-state index in [9.17, 15) is 4.79 Å². The molecule has 0 unspecified atom stereocenters. The maximum Gasteiger partial charge on any atom is 0.240 e. The molecule has 0 atom stereocenters. The van der Waals surface area contributed by atoms with Gasteiger partial charge in [-0.2, -0.15) is 0 Å². The van der Waals surface area contributed by atoms with Crippen molar-refractivity contribution in [3.63, 3.8) is 0 Å². The van der Waals surface area contributed by atoms with Crippen molar-refractivity contribution in [1.29, 1.82) is 0 Å². The maximum absolute atomic E-state index is 12.0. The van der Waals surface area contributed by atoms with Crippen molar-refractivity contribution in [3.05, 3.63) is 34.8 Å². The number of nitrogens with one attached hydrogen (secondary N) is 1. The number of hydrogen-bond donors (Lipinski definition) is 1. The molecule has 6 nitrogen and oxygen atoms in total. The molecular weight excluding hydrogens is 334 g/mol. The SMILES string of the molecule is O=C(CN1CCCN(c2ccccc2Cl)CC1)Nc1nncs1. The van der Waals surface area contributed by atoms with E-state index < -0.39 is 0 Å². The molecular formula is C15H18ClN5OS. The zero-order valence-corrected chi connectivity index (χ0v) is 14.2. The molecule has 1 fully saturated rings. The zero-order valence-electron chi connectivity index (χ0n) is 12.6. The van der Waals surface area contributed by atoms with Gasteiger partial charge in [0.25, 0.3) is 0 Å². The summed E-state index contributed by atoms with van der Waals surface area (Å²) in [6.45, 7) is 3.89. The lowest BCUT2D eigenvalue weighted by Crippen LogP contribution is -2.36. The van der Waals surface area contributed by atoms with Crippen molar-refractivity contribution < 1.29 is 4.79 Å². The van der Waals surface area contributed by atoms with Crippen LogP contribution >= 0.6 is 22.9 Å². The summed E-state index contributed by atoms with van der Waals surface area (Å²) >= 11 is 7.60. The monoisotopic (exact) mass is 351 g/mol. The van der Waals surface area contributed by atoms with E-state index in [0.29, 0.717) is 11.7 Å². The van der Waals surface area contributed by atoms with Crippen molar-refractivity contribution >= 4 is 39.7 Å². The standard InChI is InChI=1S/C15H18ClN5OS/c16-12-4-1-2-5-13(12)21-7-3-6-20(8-9-21)10-14(22)18-15-19-17-11-23-15/h1-2,4-5,11H,3,6-10H2,(H,18,19,22). The molecule has 2 heterocycles. The molecule has 1 saturated heterocycles. The first kappa shape index (κ1) is 16.2. The molecule has 1 aromatic heterocycles. The van der Waals surface area contributed by atoms with E-state index in [1.165, 1.54) is 11.3 Å². The van der Waals surface area contributed by atoms with Crippen molar-refractivity contribution in [3.8, 4) is 0 Å². The molecule has 1 aliphatic rings. The quantitative estimate of drug-likeness (QED) is 0.916. The summed E-state index contributed by atoms with van der Waals surface area (Å²) in [7, 11) is 0. The molecule has 1 amide bonds. The predicted octanol–water partition coefficient (Wildman–Crippen LogP) is 2.34. The molecule has 1 aromatic carbocycles. The van der Waals surface area contributed by atoms with Crippen LogP contribution in [0, 0.1) is 0 Å². The second-order valence-corrected chi connectivity index (χ2v) is 6.60. The lowest BCUT2D eigenvalue weighted by atomic mass is 10.2. The topological polar surface area (TPSA) is 61.4 Å². The van der Waals surface area contributed by atoms with Gasteiger partial charge < -0.3 is 4.90 Å². The van der Waals surface area contributed by atoms with E-state index in [0.717, 1.165) is 43.3 Å². The average molecular weight is 352 g/mol. The Morgan fingerprint density at radius 2 is 2.13 bits per heavy atom. The first-order valence-corrected chi connectivity index (χ1v) is 8.76. The third kappa shape index (κ3) is 4.40. The predicted molar refractivity (Wildman–Crippen MR) is 93.3 cm³/mol. The van der Waals surface area contributed by atoms with Crippen LogP contribution in [-0.2, 0) is 4.79 Å². The Morgan fingerprint density at radius 3 is 2.91 bits per heavy atom. The Bertz CT molecular complexity index is 651. The lowest BCUT2D eigenvalue weighted by Gasteiger charge is -2.24. The molecule has 23 heavy (non-hydrogen) atoms. The highest BCUT2D eigenvalue weighted by molar-refractivity contribution is 7.13. The maximum atomic E-state index is 12.0. The van der Waals surface area contributed by atoms with Gasteiger partial charge in [0.1, 0.15) is 5.51 Å². The molecule has 1 N–H and O–H groups in total. The van der Waals surface area contributed by atoms with Gasteiger partial charge in [-0.15, -0.1) is 10.2 Å². The highest BCUT2D eigenvalue weighted by atomic mass is 35.5. The summed E-state index contributed by atoms with van der Waals surface area (Å²) in [4.78, 5) is 16.5. The Morgan fingerprint density at radius 1 is 1.26 bits per heavy atom. The number of benzene rings is 1. The lowest BCUT2D eigenvalue weighted by molar-refractivity contribution is -0.117. The molecule has 2 aromatic rings. The molecule has 0 saturated carbocycles. The summed E-state index contributed by atoms with van der Waals surface area (Å²) in [6, 6.07) is 7.89. The van der Waals surface area contributed by atoms with Gasteiger partial charge in [-0.3, -0.25) is 15.0 Å². The largest absolute Gasteiger partial charge is 0.369 e. The van der Waals surface area contributed by atoms with Gasteiger partial charge in [-0.1, -0.05) is 35.1 Å². The summed E-state index contributed by atoms with van der Waals surface area (Å²) in [5.74, 6) is -0.0482. The van der Waals surface area contributed by atoms with Crippen LogP contribution < -0.4 is 10.2 Å². The second kappa shape index (κ2) is 7.72. The average Bonchev–Trinajstić information content (AvgIpc) is 2.93. The van der Waals surface area contributed by atoms with Gasteiger partial charge in [0, 0.05) is 26.2 Å². The van der Waals surface area contributed by atoms with Crippen LogP contribution in [0.1, 0.15) is 6.42 Å². The summed E-state index contributed by atoms with van der Waals surface area (Å²) in [5, 5.41) is 11.6. The van der Waals surface area contributed by atoms with Crippen molar-refractivity contribution in [2.24, 2.45) is 0 Å². The molecule has 0 spiro atoms. The molecule has 0 radical (unpaired) electrons. The van der Waals surface area contributed by atoms with Gasteiger partial charge in [0.05, 0.1) is 17.3 Å². The Kier molecular flexibility index (Phi) is 5.43. The molecule has 0 bridgehead atoms. The van der Waals surface area contributed by atoms with Gasteiger partial charge in [0.2, 0.25) is 11.0 Å². The minimum atomic E-state index is -0.0482. The number of hydrogen-bond acceptors (Lipinski definition) is 6. The van der Waals surface area contributed by atoms with Gasteiger partial charge >= 0.3 is 0 Å². The first-order chi connectivity index (χ1) is 11.2. The van der Waals surface area contributed by atoms with Gasteiger partial charge in [-0.25, -0.2) is 0 Å². The van der Waals surface area contributed by atoms with Crippen LogP contribution in [0.2, 0.25) is 5.02 Å². The molecule has 1 aliphatic heterocycles. The number of nitrogens with zero attached hydrogens (tertiary/aromatic N) is 4. The van der Waals surface area contributed by atoms with Crippen molar-refractivity contribution in [2.75, 3.05) is 42.9 Å². The summed E-state index contributed by atoms with van der Waals surface area (Å²) < 4.78 is 0. The van der Waals surface area contributed by atoms with Gasteiger partial charge in [0.15, 0.2) is 0 Å². The highest BCUT2D eigenvalue weighted by Crippen LogP contribution is 2.26. The fourth-order valence-corrected chi connectivity index (χ4v) is 3.38. The van der Waals surface area contributed by atoms with E-state index >= 15 is 0 Å². The van der Waals surface area contributed by atoms with Crippen LogP contribution in [0.25, 0.3) is 0 Å². The fraction of sp³-hybridized carbons (Fsp3) is 0.400. The number of amides is 1. The van der Waals surface area contributed by atoms with Crippen LogP contribution in [0.15, 0.2) is 29.8 Å². The number of para-hydroxylation sites is 1. The van der Waals surface area contributed by atoms with E-state index in [1.807, 2.05) is 24.3 Å². The smallest absolute Gasteiger partial charge is 0.240 e. The van der Waals surface area contributed by atoms with Crippen LogP contribution in [-0.4, -0.2) is 53.7 Å². The number of carbonyl (C=O) groups excluding carboxylic acids is 1.